The molecule has 3 saturated heterocycles. The standard InChI is InChI=1S/C57H84N12O26/c1-23(2)52(88)94-45-38(78)32(20-73)92-54(43(45)83)95-44-33(21-74)93-53(42(82)40(44)80)90-22-26(17-70)63-50(87)46(57(89,34-15-61-55(59)67-34)35-16-62-56(60)69(35)51-41(81)39(79)37(77)31(19-72)91-51)68-49(86)30(18-71)66-48(85)29(13-25-8-10-27(75)11-9-25)65-47(84)28(64-36(76)14-58)12-24-6-4-3-5-7-24/h3-11,17,23,26,28-35,37-46,51,53-54,71-75,77-83,89H,12-16,18-22,58H2,1-2H3,(H2,60,62)(H,63,87)(H,64,76)(H,65,84)(H,66,85)(H,68,86)(H3,59,61,67)/t26-,28+,29+,30+,31?,32?,33?,34?,35?,37?,38?,39?,40?,41?,42?,43?,44?,45?,46-,51?,53?,54?,57?/m1/s1. The average molecular weight is 1350 g/mol. The van der Waals surface area contributed by atoms with Crippen LogP contribution in [-0.2, 0) is 74.8 Å². The molecule has 7 rings (SSSR count). The molecule has 5 aliphatic heterocycles. The first-order valence-electron chi connectivity index (χ1n) is 30.1. The minimum absolute atomic E-state index is 0.0597. The molecule has 0 aromatic heterocycles. The smallest absolute Gasteiger partial charge is 0.308 e. The average Bonchev–Trinajstić information content (AvgIpc) is 1.67. The lowest BCUT2D eigenvalue weighted by Crippen LogP contribution is -2.78. The van der Waals surface area contributed by atoms with Gasteiger partial charge in [-0.05, 0) is 23.3 Å². The van der Waals surface area contributed by atoms with Crippen LogP contribution in [0.15, 0.2) is 64.6 Å². The lowest BCUT2D eigenvalue weighted by molar-refractivity contribution is -0.359. The first-order chi connectivity index (χ1) is 45.1. The number of phenols is 1. The van der Waals surface area contributed by atoms with E-state index in [-0.39, 0.29) is 30.8 Å². The summed E-state index contributed by atoms with van der Waals surface area (Å²) in [5, 5.41) is 158. The Hall–Kier alpha value is -7.45. The molecule has 38 heteroatoms. The molecule has 0 radical (unpaired) electrons. The predicted octanol–water partition coefficient (Wildman–Crippen LogP) is -12.6. The van der Waals surface area contributed by atoms with Gasteiger partial charge < -0.3 is 154 Å². The number of hydrogen-bond acceptors (Lipinski definition) is 33. The van der Waals surface area contributed by atoms with Gasteiger partial charge in [-0.1, -0.05) is 56.3 Å². The maximum Gasteiger partial charge on any atom is 0.308 e. The molecule has 3 fully saturated rings. The Kier molecular flexibility index (Phi) is 26.4. The highest BCUT2D eigenvalue weighted by Gasteiger charge is 2.62. The number of carbonyl (C=O) groups is 7. The summed E-state index contributed by atoms with van der Waals surface area (Å²) in [5.74, 6) is -8.63. The number of nitrogens with one attached hydrogen (secondary N) is 6. The Morgan fingerprint density at radius 2 is 1.26 bits per heavy atom. The number of nitrogens with zero attached hydrogens (tertiary/aromatic N) is 3. The lowest BCUT2D eigenvalue weighted by atomic mass is 9.77. The third-order valence-electron chi connectivity index (χ3n) is 16.6. The van der Waals surface area contributed by atoms with Crippen molar-refractivity contribution in [1.82, 2.24) is 36.8 Å². The molecule has 95 heavy (non-hydrogen) atoms. The molecule has 23 atom stereocenters. The number of rotatable bonds is 30. The van der Waals surface area contributed by atoms with E-state index in [0.29, 0.717) is 11.1 Å². The number of phenolic OH excluding ortho intramolecular Hbond substituents is 1. The summed E-state index contributed by atoms with van der Waals surface area (Å²) in [4.78, 5) is 106. The van der Waals surface area contributed by atoms with Gasteiger partial charge in [0.25, 0.3) is 0 Å². The zero-order valence-electron chi connectivity index (χ0n) is 51.3. The molecular weight excluding hydrogens is 1270 g/mol. The molecule has 38 nitrogen and oxygen atoms in total. The number of aliphatic imine (C=N–C) groups is 2. The summed E-state index contributed by atoms with van der Waals surface area (Å²) in [7, 11) is 0. The van der Waals surface area contributed by atoms with E-state index in [1.54, 1.807) is 30.3 Å². The fourth-order valence-electron chi connectivity index (χ4n) is 11.3. The molecule has 2 aromatic rings. The number of aliphatic hydroxyl groups excluding tert-OH is 11. The number of aromatic hydroxyl groups is 1. The molecule has 5 heterocycles. The molecule has 25 N–H and O–H groups in total. The fourth-order valence-corrected chi connectivity index (χ4v) is 11.3. The van der Waals surface area contributed by atoms with Crippen molar-refractivity contribution in [3.05, 3.63) is 65.7 Å². The highest BCUT2D eigenvalue weighted by molar-refractivity contribution is 5.97. The first kappa shape index (κ1) is 74.9. The van der Waals surface area contributed by atoms with E-state index in [2.05, 4.69) is 41.9 Å². The highest BCUT2D eigenvalue weighted by Crippen LogP contribution is 2.36. The van der Waals surface area contributed by atoms with Crippen LogP contribution in [0.1, 0.15) is 25.0 Å². The Bertz CT molecular complexity index is 3000. The van der Waals surface area contributed by atoms with Crippen molar-refractivity contribution >= 4 is 53.7 Å². The summed E-state index contributed by atoms with van der Waals surface area (Å²) in [5.41, 5.74) is 15.9. The number of carbonyl (C=O) groups excluding carboxylic acids is 7. The van der Waals surface area contributed by atoms with Crippen LogP contribution in [0.3, 0.4) is 0 Å². The second kappa shape index (κ2) is 33.5. The van der Waals surface area contributed by atoms with Gasteiger partial charge in [-0.15, -0.1) is 0 Å². The van der Waals surface area contributed by atoms with Crippen molar-refractivity contribution in [3.8, 4) is 5.75 Å². The van der Waals surface area contributed by atoms with Crippen LogP contribution in [0.25, 0.3) is 0 Å². The van der Waals surface area contributed by atoms with Gasteiger partial charge >= 0.3 is 5.97 Å². The van der Waals surface area contributed by atoms with E-state index in [9.17, 15) is 95.2 Å². The third-order valence-corrected chi connectivity index (χ3v) is 16.6. The molecule has 5 amide bonds. The van der Waals surface area contributed by atoms with Gasteiger partial charge in [0, 0.05) is 12.8 Å². The number of esters is 1. The van der Waals surface area contributed by atoms with E-state index in [4.69, 9.17) is 45.6 Å². The number of ether oxygens (including phenoxy) is 6. The maximum absolute atomic E-state index is 15.3. The predicted molar refractivity (Wildman–Crippen MR) is 319 cm³/mol. The summed E-state index contributed by atoms with van der Waals surface area (Å²) >= 11 is 0. The first-order valence-corrected chi connectivity index (χ1v) is 30.1. The Labute approximate surface area is 541 Å². The minimum Gasteiger partial charge on any atom is -0.508 e. The SMILES string of the molecule is CC(C)C(=O)OC1C(O)C(CO)OC(OC2C(CO)OC(OC[C@@H](C=O)NC(=O)[C@@H](NC(=O)[C@H](CO)NC(=O)[C@H](Cc3ccc(O)cc3)NC(=O)[C@H](Cc3ccccc3)NC(=O)CN)C(O)(C3CN=C(N)N3)C3CN=C(N)N3C3OC(CO)C(O)C(O)C3O)C(O)C2O)C1O. The van der Waals surface area contributed by atoms with Crippen molar-refractivity contribution in [3.63, 3.8) is 0 Å². The van der Waals surface area contributed by atoms with E-state index in [1.165, 1.54) is 38.1 Å². The van der Waals surface area contributed by atoms with Crippen LogP contribution >= 0.6 is 0 Å². The Balaban J connectivity index is 1.19. The largest absolute Gasteiger partial charge is 0.508 e. The van der Waals surface area contributed by atoms with Crippen LogP contribution in [0.5, 0.6) is 5.75 Å². The van der Waals surface area contributed by atoms with Crippen molar-refractivity contribution < 1.29 is 128 Å². The lowest BCUT2D eigenvalue weighted by Gasteiger charge is -2.51. The monoisotopic (exact) mass is 1350 g/mol. The molecule has 0 bridgehead atoms. The Morgan fingerprint density at radius 1 is 0.674 bits per heavy atom. The second-order valence-electron chi connectivity index (χ2n) is 23.4. The Morgan fingerprint density at radius 3 is 1.84 bits per heavy atom. The van der Waals surface area contributed by atoms with Crippen LogP contribution in [0.2, 0.25) is 0 Å². The van der Waals surface area contributed by atoms with Gasteiger partial charge in [0.05, 0.1) is 70.7 Å². The van der Waals surface area contributed by atoms with E-state index in [0.717, 1.165) is 4.90 Å². The molecule has 0 saturated carbocycles. The molecule has 0 aliphatic carbocycles. The number of amides is 5. The third kappa shape index (κ3) is 17.6. The number of hydrogen-bond donors (Lipinski definition) is 22. The molecular formula is C57H84N12O26. The second-order valence-corrected chi connectivity index (χ2v) is 23.4. The van der Waals surface area contributed by atoms with Gasteiger partial charge in [-0.25, -0.2) is 0 Å². The van der Waals surface area contributed by atoms with Gasteiger partial charge in [0.1, 0.15) is 115 Å². The number of aliphatic hydroxyl groups is 12. The summed E-state index contributed by atoms with van der Waals surface area (Å²) < 4.78 is 33.7. The van der Waals surface area contributed by atoms with Gasteiger partial charge in [-0.3, -0.25) is 38.8 Å². The number of guanidine groups is 2. The van der Waals surface area contributed by atoms with Gasteiger partial charge in [-0.2, -0.15) is 0 Å². The van der Waals surface area contributed by atoms with Crippen LogP contribution in [0.4, 0.5) is 0 Å². The minimum atomic E-state index is -3.04. The van der Waals surface area contributed by atoms with Gasteiger partial charge in [0.2, 0.25) is 29.5 Å². The van der Waals surface area contributed by atoms with E-state index >= 15 is 4.79 Å². The molecule has 528 valence electrons. The molecule has 5 aliphatic rings. The highest BCUT2D eigenvalue weighted by atomic mass is 16.7. The maximum atomic E-state index is 15.3. The van der Waals surface area contributed by atoms with Crippen molar-refractivity contribution in [2.75, 3.05) is 52.7 Å². The van der Waals surface area contributed by atoms with E-state index < -0.39 is 240 Å². The van der Waals surface area contributed by atoms with Crippen LogP contribution in [0, 0.1) is 5.92 Å². The van der Waals surface area contributed by atoms with Crippen LogP contribution in [-0.4, -0.2) is 318 Å². The van der Waals surface area contributed by atoms with Crippen molar-refractivity contribution in [2.45, 2.75) is 167 Å². The van der Waals surface area contributed by atoms with Crippen LogP contribution < -0.4 is 49.1 Å². The van der Waals surface area contributed by atoms with E-state index in [1.807, 2.05) is 0 Å². The number of aldehydes is 1. The number of nitrogens with two attached hydrogens (primary N) is 3. The van der Waals surface area contributed by atoms with Crippen molar-refractivity contribution in [1.29, 1.82) is 0 Å². The normalized spacial score (nSPS) is 31.4. The fraction of sp³-hybridized carbons (Fsp3) is 0.632. The van der Waals surface area contributed by atoms with Gasteiger partial charge in [0.15, 0.2) is 36.8 Å². The zero-order chi connectivity index (χ0) is 69.7. The quantitative estimate of drug-likeness (QED) is 0.0255. The zero-order valence-corrected chi connectivity index (χ0v) is 51.3. The topological polar surface area (TPSA) is 616 Å². The molecule has 2 aromatic carbocycles. The van der Waals surface area contributed by atoms with Crippen molar-refractivity contribution in [2.24, 2.45) is 33.1 Å². The molecule has 0 spiro atoms. The number of benzene rings is 2. The summed E-state index contributed by atoms with van der Waals surface area (Å²) in [6.45, 7) is -4.10. The molecule has 18 unspecified atom stereocenters. The summed E-state index contributed by atoms with van der Waals surface area (Å²) in [6, 6.07) is 0.489. The summed E-state index contributed by atoms with van der Waals surface area (Å²) in [6.07, 6.45) is -29.1.